The molecule has 0 aromatic carbocycles. The molecule has 0 radical (unpaired) electrons. The highest BCUT2D eigenvalue weighted by Gasteiger charge is 2.26. The van der Waals surface area contributed by atoms with Crippen molar-refractivity contribution >= 4 is 10.0 Å². The van der Waals surface area contributed by atoms with Gasteiger partial charge in [-0.05, 0) is 32.2 Å². The first kappa shape index (κ1) is 16.5. The van der Waals surface area contributed by atoms with Crippen LogP contribution in [0, 0.1) is 5.92 Å². The molecule has 1 aliphatic heterocycles. The van der Waals surface area contributed by atoms with Gasteiger partial charge < -0.3 is 5.32 Å². The number of rotatable bonds is 6. The zero-order valence-electron chi connectivity index (χ0n) is 13.1. The van der Waals surface area contributed by atoms with Crippen LogP contribution in [0.3, 0.4) is 0 Å². The molecule has 7 heteroatoms. The SMILES string of the molecule is CCC(NC)c1cnn(CC2CCCN(S(C)(=O)=O)C2)c1. The Kier molecular flexibility index (Phi) is 5.40. The van der Waals surface area contributed by atoms with Crippen LogP contribution >= 0.6 is 0 Å². The highest BCUT2D eigenvalue weighted by atomic mass is 32.2. The minimum absolute atomic E-state index is 0.331. The smallest absolute Gasteiger partial charge is 0.211 e. The van der Waals surface area contributed by atoms with Gasteiger partial charge in [-0.15, -0.1) is 0 Å². The number of sulfonamides is 1. The van der Waals surface area contributed by atoms with Crippen LogP contribution in [0.25, 0.3) is 0 Å². The summed E-state index contributed by atoms with van der Waals surface area (Å²) in [5, 5.41) is 7.69. The lowest BCUT2D eigenvalue weighted by atomic mass is 10.00. The van der Waals surface area contributed by atoms with Crippen LogP contribution in [-0.2, 0) is 16.6 Å². The average Bonchev–Trinajstić information content (AvgIpc) is 2.88. The maximum absolute atomic E-state index is 11.7. The molecular weight excluding hydrogens is 288 g/mol. The molecule has 1 aliphatic rings. The minimum Gasteiger partial charge on any atom is -0.313 e. The highest BCUT2D eigenvalue weighted by molar-refractivity contribution is 7.88. The van der Waals surface area contributed by atoms with E-state index in [1.165, 1.54) is 11.8 Å². The van der Waals surface area contributed by atoms with Gasteiger partial charge in [0.15, 0.2) is 0 Å². The third kappa shape index (κ3) is 4.28. The van der Waals surface area contributed by atoms with Crippen LogP contribution in [0.15, 0.2) is 12.4 Å². The second kappa shape index (κ2) is 6.89. The van der Waals surface area contributed by atoms with E-state index in [9.17, 15) is 8.42 Å². The molecule has 21 heavy (non-hydrogen) atoms. The molecule has 2 unspecified atom stereocenters. The molecule has 1 aromatic heterocycles. The van der Waals surface area contributed by atoms with Crippen molar-refractivity contribution in [3.8, 4) is 0 Å². The summed E-state index contributed by atoms with van der Waals surface area (Å²) in [7, 11) is -1.12. The van der Waals surface area contributed by atoms with Gasteiger partial charge in [0.2, 0.25) is 10.0 Å². The standard InChI is InChI=1S/C14H26N4O2S/c1-4-14(15-2)13-8-16-17(11-13)9-12-6-5-7-18(10-12)21(3,19)20/h8,11-12,14-15H,4-7,9-10H2,1-3H3. The highest BCUT2D eigenvalue weighted by Crippen LogP contribution is 2.21. The summed E-state index contributed by atoms with van der Waals surface area (Å²) < 4.78 is 26.8. The number of piperidine rings is 1. The van der Waals surface area contributed by atoms with E-state index < -0.39 is 10.0 Å². The Morgan fingerprint density at radius 3 is 2.90 bits per heavy atom. The van der Waals surface area contributed by atoms with E-state index in [0.29, 0.717) is 25.0 Å². The van der Waals surface area contributed by atoms with Crippen LogP contribution in [0.2, 0.25) is 0 Å². The van der Waals surface area contributed by atoms with Crippen molar-refractivity contribution in [2.75, 3.05) is 26.4 Å². The van der Waals surface area contributed by atoms with Crippen molar-refractivity contribution in [3.63, 3.8) is 0 Å². The fourth-order valence-corrected chi connectivity index (χ4v) is 3.95. The van der Waals surface area contributed by atoms with Gasteiger partial charge in [-0.2, -0.15) is 5.10 Å². The van der Waals surface area contributed by atoms with E-state index in [4.69, 9.17) is 0 Å². The summed E-state index contributed by atoms with van der Waals surface area (Å²) in [6.45, 7) is 4.18. The third-order valence-corrected chi connectivity index (χ3v) is 5.48. The first-order chi connectivity index (χ1) is 9.94. The van der Waals surface area contributed by atoms with E-state index in [0.717, 1.165) is 25.8 Å². The summed E-state index contributed by atoms with van der Waals surface area (Å²) in [5.74, 6) is 0.343. The number of nitrogens with one attached hydrogen (secondary N) is 1. The van der Waals surface area contributed by atoms with Crippen molar-refractivity contribution in [3.05, 3.63) is 18.0 Å². The molecule has 6 nitrogen and oxygen atoms in total. The second-order valence-corrected chi connectivity index (χ2v) is 7.86. The van der Waals surface area contributed by atoms with Crippen molar-refractivity contribution in [1.29, 1.82) is 0 Å². The van der Waals surface area contributed by atoms with Crippen molar-refractivity contribution in [2.45, 2.75) is 38.8 Å². The molecule has 1 N–H and O–H groups in total. The third-order valence-electron chi connectivity index (χ3n) is 4.21. The fourth-order valence-electron chi connectivity index (χ4n) is 3.01. The molecule has 2 atom stereocenters. The molecule has 2 heterocycles. The Hall–Kier alpha value is -0.920. The maximum Gasteiger partial charge on any atom is 0.211 e. The molecule has 0 amide bonds. The maximum atomic E-state index is 11.7. The summed E-state index contributed by atoms with van der Waals surface area (Å²) in [6.07, 6.45) is 8.28. The summed E-state index contributed by atoms with van der Waals surface area (Å²) in [5.41, 5.74) is 1.19. The van der Waals surface area contributed by atoms with Gasteiger partial charge in [0, 0.05) is 37.4 Å². The lowest BCUT2D eigenvalue weighted by Gasteiger charge is -2.30. The first-order valence-corrected chi connectivity index (χ1v) is 9.43. The van der Waals surface area contributed by atoms with Crippen LogP contribution < -0.4 is 5.32 Å². The van der Waals surface area contributed by atoms with Crippen molar-refractivity contribution in [2.24, 2.45) is 5.92 Å². The molecule has 2 rings (SSSR count). The van der Waals surface area contributed by atoms with E-state index in [-0.39, 0.29) is 0 Å². The van der Waals surface area contributed by atoms with Gasteiger partial charge in [-0.1, -0.05) is 6.92 Å². The monoisotopic (exact) mass is 314 g/mol. The largest absolute Gasteiger partial charge is 0.313 e. The Labute approximate surface area is 127 Å². The van der Waals surface area contributed by atoms with E-state index in [1.807, 2.05) is 17.9 Å². The first-order valence-electron chi connectivity index (χ1n) is 7.58. The van der Waals surface area contributed by atoms with E-state index in [1.54, 1.807) is 4.31 Å². The topological polar surface area (TPSA) is 67.2 Å². The van der Waals surface area contributed by atoms with Gasteiger partial charge in [-0.25, -0.2) is 12.7 Å². The molecule has 1 fully saturated rings. The Morgan fingerprint density at radius 2 is 2.29 bits per heavy atom. The molecule has 1 saturated heterocycles. The Balaban J connectivity index is 1.98. The van der Waals surface area contributed by atoms with E-state index >= 15 is 0 Å². The lowest BCUT2D eigenvalue weighted by Crippen LogP contribution is -2.40. The minimum atomic E-state index is -3.07. The van der Waals surface area contributed by atoms with Gasteiger partial charge in [0.05, 0.1) is 12.5 Å². The summed E-state index contributed by atoms with van der Waals surface area (Å²) >= 11 is 0. The quantitative estimate of drug-likeness (QED) is 0.857. The van der Waals surface area contributed by atoms with Crippen LogP contribution in [0.1, 0.15) is 37.8 Å². The van der Waals surface area contributed by atoms with Gasteiger partial charge in [0.1, 0.15) is 0 Å². The van der Waals surface area contributed by atoms with Crippen LogP contribution in [-0.4, -0.2) is 48.9 Å². The predicted octanol–water partition coefficient (Wildman–Crippen LogP) is 1.23. The van der Waals surface area contributed by atoms with Gasteiger partial charge in [0.25, 0.3) is 0 Å². The number of hydrogen-bond acceptors (Lipinski definition) is 4. The molecule has 0 saturated carbocycles. The van der Waals surface area contributed by atoms with Crippen molar-refractivity contribution in [1.82, 2.24) is 19.4 Å². The Morgan fingerprint density at radius 1 is 1.52 bits per heavy atom. The Bertz CT molecular complexity index is 551. The molecule has 0 aliphatic carbocycles. The zero-order valence-corrected chi connectivity index (χ0v) is 13.9. The number of hydrogen-bond donors (Lipinski definition) is 1. The zero-order chi connectivity index (χ0) is 15.5. The van der Waals surface area contributed by atoms with Crippen LogP contribution in [0.4, 0.5) is 0 Å². The van der Waals surface area contributed by atoms with Gasteiger partial charge in [-0.3, -0.25) is 4.68 Å². The van der Waals surface area contributed by atoms with Crippen LogP contribution in [0.5, 0.6) is 0 Å². The number of aromatic nitrogens is 2. The lowest BCUT2D eigenvalue weighted by molar-refractivity contribution is 0.240. The van der Waals surface area contributed by atoms with E-state index in [2.05, 4.69) is 23.5 Å². The summed E-state index contributed by atoms with van der Waals surface area (Å²) in [6, 6.07) is 0.331. The predicted molar refractivity (Wildman–Crippen MR) is 83.5 cm³/mol. The average molecular weight is 314 g/mol. The second-order valence-electron chi connectivity index (χ2n) is 5.87. The fraction of sp³-hybridized carbons (Fsp3) is 0.786. The number of nitrogens with zero attached hydrogens (tertiary/aromatic N) is 3. The van der Waals surface area contributed by atoms with Gasteiger partial charge >= 0.3 is 0 Å². The normalized spacial score (nSPS) is 22.3. The molecule has 0 spiro atoms. The molecule has 0 bridgehead atoms. The molecule has 1 aromatic rings. The molecular formula is C14H26N4O2S. The summed E-state index contributed by atoms with van der Waals surface area (Å²) in [4.78, 5) is 0. The van der Waals surface area contributed by atoms with Crippen molar-refractivity contribution < 1.29 is 8.42 Å². The molecule has 120 valence electrons.